The summed E-state index contributed by atoms with van der Waals surface area (Å²) in [4.78, 5) is 11.5. The molecule has 0 aliphatic heterocycles. The average molecular weight is 247 g/mol. The third kappa shape index (κ3) is 3.33. The third-order valence-corrected chi connectivity index (χ3v) is 2.34. The van der Waals surface area contributed by atoms with Crippen LogP contribution < -0.4 is 10.6 Å². The molecule has 2 rings (SSSR count). The Bertz CT molecular complexity index is 494. The minimum atomic E-state index is -0.352. The summed E-state index contributed by atoms with van der Waals surface area (Å²) < 4.78 is 4.59. The maximum absolute atomic E-state index is 11.5. The second-order valence-corrected chi connectivity index (χ2v) is 3.67. The van der Waals surface area contributed by atoms with E-state index < -0.39 is 0 Å². The van der Waals surface area contributed by atoms with Crippen molar-refractivity contribution in [1.29, 1.82) is 0 Å². The molecular formula is C12H13N3O3. The SMILES string of the molecule is O=C(NCc1ccc(CO)cc1)Nc1ccon1. The summed E-state index contributed by atoms with van der Waals surface area (Å²) in [5.74, 6) is 0.364. The largest absolute Gasteiger partial charge is 0.392 e. The van der Waals surface area contributed by atoms with Crippen LogP contribution in [-0.2, 0) is 13.2 Å². The summed E-state index contributed by atoms with van der Waals surface area (Å²) >= 11 is 0. The lowest BCUT2D eigenvalue weighted by Crippen LogP contribution is -2.28. The zero-order valence-corrected chi connectivity index (χ0v) is 9.59. The number of aliphatic hydroxyl groups is 1. The zero-order valence-electron chi connectivity index (χ0n) is 9.59. The fraction of sp³-hybridized carbons (Fsp3) is 0.167. The normalized spacial score (nSPS) is 10.1. The van der Waals surface area contributed by atoms with Crippen molar-refractivity contribution >= 4 is 11.8 Å². The molecule has 0 bridgehead atoms. The molecule has 0 radical (unpaired) electrons. The van der Waals surface area contributed by atoms with Gasteiger partial charge in [0, 0.05) is 12.6 Å². The lowest BCUT2D eigenvalue weighted by molar-refractivity contribution is 0.251. The van der Waals surface area contributed by atoms with Crippen LogP contribution in [0.1, 0.15) is 11.1 Å². The monoisotopic (exact) mass is 247 g/mol. The molecule has 18 heavy (non-hydrogen) atoms. The van der Waals surface area contributed by atoms with E-state index in [1.165, 1.54) is 6.26 Å². The van der Waals surface area contributed by atoms with E-state index in [0.29, 0.717) is 12.4 Å². The van der Waals surface area contributed by atoms with Crippen LogP contribution in [0, 0.1) is 0 Å². The first kappa shape index (κ1) is 12.1. The van der Waals surface area contributed by atoms with Crippen LogP contribution in [0.25, 0.3) is 0 Å². The molecule has 1 aromatic carbocycles. The van der Waals surface area contributed by atoms with Crippen LogP contribution in [-0.4, -0.2) is 16.3 Å². The quantitative estimate of drug-likeness (QED) is 0.763. The van der Waals surface area contributed by atoms with E-state index in [9.17, 15) is 4.79 Å². The number of amides is 2. The predicted octanol–water partition coefficient (Wildman–Crippen LogP) is 1.49. The van der Waals surface area contributed by atoms with Crippen molar-refractivity contribution in [2.75, 3.05) is 5.32 Å². The van der Waals surface area contributed by atoms with Crippen molar-refractivity contribution in [2.24, 2.45) is 0 Å². The second kappa shape index (κ2) is 5.83. The summed E-state index contributed by atoms with van der Waals surface area (Å²) in [5.41, 5.74) is 1.79. The van der Waals surface area contributed by atoms with Gasteiger partial charge in [-0.15, -0.1) is 0 Å². The third-order valence-electron chi connectivity index (χ3n) is 2.34. The van der Waals surface area contributed by atoms with Gasteiger partial charge in [-0.3, -0.25) is 5.32 Å². The Kier molecular flexibility index (Phi) is 3.93. The van der Waals surface area contributed by atoms with Gasteiger partial charge in [-0.25, -0.2) is 4.79 Å². The smallest absolute Gasteiger partial charge is 0.320 e. The fourth-order valence-electron chi connectivity index (χ4n) is 1.38. The fourth-order valence-corrected chi connectivity index (χ4v) is 1.38. The average Bonchev–Trinajstić information content (AvgIpc) is 2.90. The summed E-state index contributed by atoms with van der Waals surface area (Å²) in [5, 5.41) is 17.7. The van der Waals surface area contributed by atoms with Crippen molar-refractivity contribution in [1.82, 2.24) is 10.5 Å². The second-order valence-electron chi connectivity index (χ2n) is 3.67. The number of anilines is 1. The first-order chi connectivity index (χ1) is 8.78. The number of nitrogens with zero attached hydrogens (tertiary/aromatic N) is 1. The minimum absolute atomic E-state index is 0.0142. The van der Waals surface area contributed by atoms with Gasteiger partial charge in [0.25, 0.3) is 0 Å². The Hall–Kier alpha value is -2.34. The standard InChI is InChI=1S/C12H13N3O3/c16-8-10-3-1-9(2-4-10)7-13-12(17)14-11-5-6-18-15-11/h1-6,16H,7-8H2,(H2,13,14,15,17). The zero-order chi connectivity index (χ0) is 12.8. The topological polar surface area (TPSA) is 87.4 Å². The maximum atomic E-state index is 11.5. The minimum Gasteiger partial charge on any atom is -0.392 e. The van der Waals surface area contributed by atoms with E-state index in [2.05, 4.69) is 20.3 Å². The van der Waals surface area contributed by atoms with E-state index in [4.69, 9.17) is 5.11 Å². The Morgan fingerprint density at radius 3 is 2.56 bits per heavy atom. The van der Waals surface area contributed by atoms with Crippen molar-refractivity contribution in [3.05, 3.63) is 47.7 Å². The van der Waals surface area contributed by atoms with E-state index in [-0.39, 0.29) is 12.6 Å². The van der Waals surface area contributed by atoms with Gasteiger partial charge in [-0.1, -0.05) is 29.4 Å². The molecule has 0 aliphatic rings. The number of carbonyl (C=O) groups excluding carboxylic acids is 1. The van der Waals surface area contributed by atoms with E-state index in [0.717, 1.165) is 11.1 Å². The van der Waals surface area contributed by atoms with Crippen LogP contribution >= 0.6 is 0 Å². The Morgan fingerprint density at radius 1 is 1.22 bits per heavy atom. The van der Waals surface area contributed by atoms with Gasteiger partial charge in [-0.2, -0.15) is 0 Å². The number of nitrogens with one attached hydrogen (secondary N) is 2. The maximum Gasteiger partial charge on any atom is 0.320 e. The molecule has 94 valence electrons. The molecule has 0 unspecified atom stereocenters. The Labute approximate surface area is 104 Å². The van der Waals surface area contributed by atoms with Gasteiger partial charge in [0.1, 0.15) is 6.26 Å². The number of aliphatic hydroxyl groups excluding tert-OH is 1. The molecule has 0 saturated carbocycles. The van der Waals surface area contributed by atoms with Crippen LogP contribution in [0.2, 0.25) is 0 Å². The number of rotatable bonds is 4. The molecule has 6 nitrogen and oxygen atoms in total. The van der Waals surface area contributed by atoms with E-state index in [1.807, 2.05) is 24.3 Å². The molecule has 0 saturated heterocycles. The summed E-state index contributed by atoms with van der Waals surface area (Å²) in [6, 6.07) is 8.52. The number of benzene rings is 1. The van der Waals surface area contributed by atoms with E-state index in [1.54, 1.807) is 6.07 Å². The molecule has 1 aromatic heterocycles. The number of carbonyl (C=O) groups is 1. The summed E-state index contributed by atoms with van der Waals surface area (Å²) in [7, 11) is 0. The highest BCUT2D eigenvalue weighted by molar-refractivity contribution is 5.87. The number of hydrogen-bond acceptors (Lipinski definition) is 4. The Balaban J connectivity index is 1.81. The number of aromatic nitrogens is 1. The number of hydrogen-bond donors (Lipinski definition) is 3. The van der Waals surface area contributed by atoms with Crippen LogP contribution in [0.5, 0.6) is 0 Å². The van der Waals surface area contributed by atoms with Crippen molar-refractivity contribution in [3.8, 4) is 0 Å². The van der Waals surface area contributed by atoms with Crippen molar-refractivity contribution < 1.29 is 14.4 Å². The van der Waals surface area contributed by atoms with Crippen molar-refractivity contribution in [2.45, 2.75) is 13.2 Å². The molecule has 2 amide bonds. The molecule has 1 heterocycles. The first-order valence-electron chi connectivity index (χ1n) is 5.42. The van der Waals surface area contributed by atoms with Crippen LogP contribution in [0.15, 0.2) is 41.1 Å². The van der Waals surface area contributed by atoms with Gasteiger partial charge in [0.15, 0.2) is 5.82 Å². The van der Waals surface area contributed by atoms with Crippen LogP contribution in [0.3, 0.4) is 0 Å². The molecule has 3 N–H and O–H groups in total. The highest BCUT2D eigenvalue weighted by atomic mass is 16.5. The van der Waals surface area contributed by atoms with Gasteiger partial charge in [0.2, 0.25) is 0 Å². The molecule has 0 atom stereocenters. The molecule has 0 aliphatic carbocycles. The summed E-state index contributed by atoms with van der Waals surface area (Å²) in [6.07, 6.45) is 1.38. The van der Waals surface area contributed by atoms with Gasteiger partial charge >= 0.3 is 6.03 Å². The van der Waals surface area contributed by atoms with E-state index >= 15 is 0 Å². The highest BCUT2D eigenvalue weighted by Crippen LogP contribution is 2.04. The molecule has 6 heteroatoms. The summed E-state index contributed by atoms with van der Waals surface area (Å²) in [6.45, 7) is 0.412. The highest BCUT2D eigenvalue weighted by Gasteiger charge is 2.03. The van der Waals surface area contributed by atoms with Gasteiger partial charge < -0.3 is 14.9 Å². The molecule has 0 fully saturated rings. The molecule has 0 spiro atoms. The molecular weight excluding hydrogens is 234 g/mol. The van der Waals surface area contributed by atoms with Gasteiger partial charge in [-0.05, 0) is 11.1 Å². The first-order valence-corrected chi connectivity index (χ1v) is 5.42. The lowest BCUT2D eigenvalue weighted by Gasteiger charge is -2.05. The molecule has 2 aromatic rings. The number of urea groups is 1. The predicted molar refractivity (Wildman–Crippen MR) is 64.7 cm³/mol. The lowest BCUT2D eigenvalue weighted by atomic mass is 10.1. The van der Waals surface area contributed by atoms with Gasteiger partial charge in [0.05, 0.1) is 6.61 Å². The Morgan fingerprint density at radius 2 is 1.94 bits per heavy atom. The van der Waals surface area contributed by atoms with Crippen molar-refractivity contribution in [3.63, 3.8) is 0 Å². The van der Waals surface area contributed by atoms with Crippen LogP contribution in [0.4, 0.5) is 10.6 Å².